The molecule has 1 saturated heterocycles. The summed E-state index contributed by atoms with van der Waals surface area (Å²) in [4.78, 5) is 51.1. The van der Waals surface area contributed by atoms with E-state index in [9.17, 15) is 19.2 Å². The van der Waals surface area contributed by atoms with E-state index in [1.165, 1.54) is 12.1 Å². The lowest BCUT2D eigenvalue weighted by Crippen LogP contribution is -2.54. The Morgan fingerprint density at radius 1 is 1.15 bits per heavy atom. The van der Waals surface area contributed by atoms with E-state index >= 15 is 0 Å². The minimum Gasteiger partial charge on any atom is -0.465 e. The van der Waals surface area contributed by atoms with Crippen molar-refractivity contribution in [1.29, 1.82) is 0 Å². The van der Waals surface area contributed by atoms with Gasteiger partial charge in [0.05, 0.1) is 12.3 Å². The third kappa shape index (κ3) is 4.25. The summed E-state index contributed by atoms with van der Waals surface area (Å²) in [6.07, 6.45) is 3.08. The molecule has 1 aliphatic rings. The Morgan fingerprint density at radius 2 is 1.91 bits per heavy atom. The number of nitrogens with zero attached hydrogens (tertiary/aromatic N) is 2. The van der Waals surface area contributed by atoms with Gasteiger partial charge in [0.25, 0.3) is 11.8 Å². The molecule has 1 aliphatic heterocycles. The maximum absolute atomic E-state index is 13.2. The molecule has 1 fully saturated rings. The van der Waals surface area contributed by atoms with Crippen molar-refractivity contribution in [2.24, 2.45) is 0 Å². The van der Waals surface area contributed by atoms with Crippen LogP contribution in [0.3, 0.4) is 0 Å². The molecule has 0 unspecified atom stereocenters. The first-order valence-corrected chi connectivity index (χ1v) is 10.6. The molecule has 0 radical (unpaired) electrons. The van der Waals surface area contributed by atoms with E-state index in [0.717, 1.165) is 21.4 Å². The average Bonchev–Trinajstić information content (AvgIpc) is 3.11. The summed E-state index contributed by atoms with van der Waals surface area (Å²) in [6.45, 7) is 3.76. The number of carbonyl (C=O) groups excluding carboxylic acids is 4. The summed E-state index contributed by atoms with van der Waals surface area (Å²) in [5, 5.41) is 3.32. The number of imide groups is 2. The number of halogens is 1. The fourth-order valence-corrected chi connectivity index (χ4v) is 3.81. The van der Waals surface area contributed by atoms with Crippen molar-refractivity contribution in [2.75, 3.05) is 11.5 Å². The van der Waals surface area contributed by atoms with Crippen molar-refractivity contribution in [3.8, 4) is 0 Å². The fraction of sp³-hybridized carbons (Fsp3) is 0.167. The van der Waals surface area contributed by atoms with Gasteiger partial charge >= 0.3 is 12.0 Å². The SMILES string of the molecule is CCOC(=O)Cn1cc(/C=C2/C(=O)NC(=O)N(c3ccc(C)c(Cl)c3)C2=O)c2ccccc21. The summed E-state index contributed by atoms with van der Waals surface area (Å²) in [5.74, 6) is -1.98. The molecule has 4 rings (SSSR count). The number of nitrogens with one attached hydrogen (secondary N) is 1. The van der Waals surface area contributed by atoms with Gasteiger partial charge in [-0.2, -0.15) is 0 Å². The number of hydrogen-bond donors (Lipinski definition) is 1. The highest BCUT2D eigenvalue weighted by atomic mass is 35.5. The molecule has 1 N–H and O–H groups in total. The van der Waals surface area contributed by atoms with Gasteiger partial charge in [-0.3, -0.25) is 19.7 Å². The summed E-state index contributed by atoms with van der Waals surface area (Å²) in [7, 11) is 0. The number of esters is 1. The van der Waals surface area contributed by atoms with Crippen LogP contribution in [0.25, 0.3) is 17.0 Å². The number of rotatable bonds is 5. The number of barbiturate groups is 1. The Hall–Kier alpha value is -3.91. The molecule has 8 nitrogen and oxygen atoms in total. The van der Waals surface area contributed by atoms with Crippen LogP contribution >= 0.6 is 11.6 Å². The number of aromatic nitrogens is 1. The molecular formula is C24H20ClN3O5. The zero-order valence-electron chi connectivity index (χ0n) is 17.9. The van der Waals surface area contributed by atoms with Crippen LogP contribution in [-0.4, -0.2) is 35.0 Å². The lowest BCUT2D eigenvalue weighted by atomic mass is 10.1. The van der Waals surface area contributed by atoms with Gasteiger partial charge in [0.15, 0.2) is 0 Å². The van der Waals surface area contributed by atoms with Crippen molar-refractivity contribution in [2.45, 2.75) is 20.4 Å². The lowest BCUT2D eigenvalue weighted by Gasteiger charge is -2.26. The molecule has 0 atom stereocenters. The van der Waals surface area contributed by atoms with Crippen molar-refractivity contribution in [1.82, 2.24) is 9.88 Å². The summed E-state index contributed by atoms with van der Waals surface area (Å²) >= 11 is 6.16. The third-order valence-corrected chi connectivity index (χ3v) is 5.65. The lowest BCUT2D eigenvalue weighted by molar-refractivity contribution is -0.143. The molecule has 0 aliphatic carbocycles. The molecule has 3 aromatic rings. The van der Waals surface area contributed by atoms with Crippen LogP contribution < -0.4 is 10.2 Å². The van der Waals surface area contributed by atoms with Crippen LogP contribution in [-0.2, 0) is 25.7 Å². The molecule has 9 heteroatoms. The molecule has 0 spiro atoms. The molecule has 2 heterocycles. The van der Waals surface area contributed by atoms with Gasteiger partial charge in [-0.1, -0.05) is 35.9 Å². The first-order chi connectivity index (χ1) is 15.8. The number of ether oxygens (including phenoxy) is 1. The highest BCUT2D eigenvalue weighted by Gasteiger charge is 2.37. The van der Waals surface area contributed by atoms with E-state index in [1.807, 2.05) is 24.3 Å². The monoisotopic (exact) mass is 465 g/mol. The van der Waals surface area contributed by atoms with E-state index < -0.39 is 23.8 Å². The molecular weight excluding hydrogens is 446 g/mol. The van der Waals surface area contributed by atoms with Gasteiger partial charge in [0, 0.05) is 27.7 Å². The predicted octanol–water partition coefficient (Wildman–Crippen LogP) is 3.83. The van der Waals surface area contributed by atoms with E-state index in [1.54, 1.807) is 36.7 Å². The predicted molar refractivity (Wildman–Crippen MR) is 124 cm³/mol. The standard InChI is InChI=1S/C24H20ClN3O5/c1-3-33-21(29)13-27-12-15(17-6-4-5-7-20(17)27)10-18-22(30)26-24(32)28(23(18)31)16-9-8-14(2)19(25)11-16/h4-12H,3,13H2,1-2H3,(H,26,30,32)/b18-10-. The average molecular weight is 466 g/mol. The number of aryl methyl sites for hydroxylation is 1. The van der Waals surface area contributed by atoms with E-state index in [-0.39, 0.29) is 24.4 Å². The van der Waals surface area contributed by atoms with Gasteiger partial charge in [0.1, 0.15) is 12.1 Å². The summed E-state index contributed by atoms with van der Waals surface area (Å²) < 4.78 is 6.72. The normalized spacial score (nSPS) is 15.3. The first kappa shape index (κ1) is 22.3. The number of para-hydroxylation sites is 1. The van der Waals surface area contributed by atoms with E-state index in [4.69, 9.17) is 16.3 Å². The number of amides is 4. The Labute approximate surface area is 194 Å². The van der Waals surface area contributed by atoms with Gasteiger partial charge in [-0.25, -0.2) is 9.69 Å². The number of hydrogen-bond acceptors (Lipinski definition) is 5. The maximum Gasteiger partial charge on any atom is 0.335 e. The smallest absolute Gasteiger partial charge is 0.335 e. The Balaban J connectivity index is 1.77. The van der Waals surface area contributed by atoms with Gasteiger partial charge in [-0.15, -0.1) is 0 Å². The van der Waals surface area contributed by atoms with Crippen molar-refractivity contribution in [3.05, 3.63) is 70.4 Å². The second kappa shape index (κ2) is 8.91. The zero-order chi connectivity index (χ0) is 23.7. The van der Waals surface area contributed by atoms with Crippen molar-refractivity contribution in [3.63, 3.8) is 0 Å². The van der Waals surface area contributed by atoms with E-state index in [0.29, 0.717) is 10.6 Å². The molecule has 2 aromatic carbocycles. The van der Waals surface area contributed by atoms with Crippen molar-refractivity contribution >= 4 is 58.1 Å². The Morgan fingerprint density at radius 3 is 2.64 bits per heavy atom. The van der Waals surface area contributed by atoms with Crippen LogP contribution in [0.15, 0.2) is 54.2 Å². The highest BCUT2D eigenvalue weighted by molar-refractivity contribution is 6.39. The van der Waals surface area contributed by atoms with Gasteiger partial charge < -0.3 is 9.30 Å². The number of anilines is 1. The molecule has 168 valence electrons. The Bertz CT molecular complexity index is 1340. The number of urea groups is 1. The topological polar surface area (TPSA) is 97.7 Å². The van der Waals surface area contributed by atoms with Crippen LogP contribution in [0.5, 0.6) is 0 Å². The Kier molecular flexibility index (Phi) is 6.02. The van der Waals surface area contributed by atoms with Gasteiger partial charge in [-0.05, 0) is 43.7 Å². The second-order valence-corrected chi connectivity index (χ2v) is 7.83. The van der Waals surface area contributed by atoms with Crippen LogP contribution in [0, 0.1) is 6.92 Å². The minimum absolute atomic E-state index is 0.0237. The molecule has 0 bridgehead atoms. The number of fused-ring (bicyclic) bond motifs is 1. The van der Waals surface area contributed by atoms with Crippen molar-refractivity contribution < 1.29 is 23.9 Å². The maximum atomic E-state index is 13.2. The van der Waals surface area contributed by atoms with Crippen LogP contribution in [0.1, 0.15) is 18.1 Å². The minimum atomic E-state index is -0.855. The largest absolute Gasteiger partial charge is 0.465 e. The highest BCUT2D eigenvalue weighted by Crippen LogP contribution is 2.28. The number of benzene rings is 2. The number of carbonyl (C=O) groups is 4. The van der Waals surface area contributed by atoms with E-state index in [2.05, 4.69) is 5.32 Å². The molecule has 33 heavy (non-hydrogen) atoms. The molecule has 0 saturated carbocycles. The van der Waals surface area contributed by atoms with Crippen LogP contribution in [0.4, 0.5) is 10.5 Å². The first-order valence-electron chi connectivity index (χ1n) is 10.2. The van der Waals surface area contributed by atoms with Gasteiger partial charge in [0.2, 0.25) is 0 Å². The third-order valence-electron chi connectivity index (χ3n) is 5.24. The fourth-order valence-electron chi connectivity index (χ4n) is 3.64. The second-order valence-electron chi connectivity index (χ2n) is 7.43. The summed E-state index contributed by atoms with van der Waals surface area (Å²) in [6, 6.07) is 11.2. The zero-order valence-corrected chi connectivity index (χ0v) is 18.7. The molecule has 1 aromatic heterocycles. The summed E-state index contributed by atoms with van der Waals surface area (Å²) in [5.41, 5.74) is 2.09. The quantitative estimate of drug-likeness (QED) is 0.351. The van der Waals surface area contributed by atoms with Crippen LogP contribution in [0.2, 0.25) is 5.02 Å². The molecule has 4 amide bonds.